The lowest BCUT2D eigenvalue weighted by atomic mass is 10.0. The third-order valence-corrected chi connectivity index (χ3v) is 2.54. The summed E-state index contributed by atoms with van der Waals surface area (Å²) in [5, 5.41) is 0. The molecule has 0 aromatic heterocycles. The number of benzene rings is 1. The third kappa shape index (κ3) is 2.57. The van der Waals surface area contributed by atoms with Gasteiger partial charge in [0.05, 0.1) is 19.8 Å². The first kappa shape index (κ1) is 12.7. The average Bonchev–Trinajstić information content (AvgIpc) is 2.92. The van der Waals surface area contributed by atoms with Gasteiger partial charge in [0.1, 0.15) is 0 Å². The van der Waals surface area contributed by atoms with E-state index in [-0.39, 0.29) is 12.2 Å². The predicted molar refractivity (Wildman–Crippen MR) is 62.1 cm³/mol. The van der Waals surface area contributed by atoms with Gasteiger partial charge in [-0.25, -0.2) is 4.79 Å². The van der Waals surface area contributed by atoms with Crippen molar-refractivity contribution in [2.24, 2.45) is 0 Å². The molecule has 18 heavy (non-hydrogen) atoms. The van der Waals surface area contributed by atoms with Crippen LogP contribution in [0, 0.1) is 0 Å². The van der Waals surface area contributed by atoms with E-state index in [9.17, 15) is 9.59 Å². The first-order valence-electron chi connectivity index (χ1n) is 5.77. The summed E-state index contributed by atoms with van der Waals surface area (Å²) >= 11 is 0. The van der Waals surface area contributed by atoms with Crippen molar-refractivity contribution < 1.29 is 23.8 Å². The Morgan fingerprint density at radius 3 is 2.61 bits per heavy atom. The van der Waals surface area contributed by atoms with Gasteiger partial charge < -0.3 is 14.2 Å². The number of hydrogen-bond acceptors (Lipinski definition) is 5. The van der Waals surface area contributed by atoms with Gasteiger partial charge in [-0.05, 0) is 6.92 Å². The lowest BCUT2D eigenvalue weighted by molar-refractivity contribution is -0.137. The first-order chi connectivity index (χ1) is 8.74. The summed E-state index contributed by atoms with van der Waals surface area (Å²) in [7, 11) is 0. The average molecular weight is 250 g/mol. The van der Waals surface area contributed by atoms with Gasteiger partial charge in [-0.15, -0.1) is 0 Å². The molecule has 1 aromatic rings. The largest absolute Gasteiger partial charge is 0.460 e. The molecule has 0 aliphatic carbocycles. The Bertz CT molecular complexity index is 448. The number of rotatable bonds is 4. The van der Waals surface area contributed by atoms with Gasteiger partial charge in [0, 0.05) is 11.1 Å². The highest BCUT2D eigenvalue weighted by Gasteiger charge is 2.27. The highest BCUT2D eigenvalue weighted by molar-refractivity contribution is 6.41. The molecule has 0 atom stereocenters. The number of hydrogen-bond donors (Lipinski definition) is 0. The van der Waals surface area contributed by atoms with E-state index in [0.717, 1.165) is 0 Å². The number of carbonyl (C=O) groups excluding carboxylic acids is 2. The minimum absolute atomic E-state index is 0.170. The lowest BCUT2D eigenvalue weighted by Crippen LogP contribution is -2.20. The lowest BCUT2D eigenvalue weighted by Gasteiger charge is -2.13. The zero-order chi connectivity index (χ0) is 13.0. The highest BCUT2D eigenvalue weighted by Crippen LogP contribution is 2.26. The summed E-state index contributed by atoms with van der Waals surface area (Å²) in [6.07, 6.45) is -0.584. The van der Waals surface area contributed by atoms with E-state index >= 15 is 0 Å². The number of esters is 1. The maximum absolute atomic E-state index is 11.9. The normalized spacial score (nSPS) is 15.6. The number of ether oxygens (including phenoxy) is 3. The smallest absolute Gasteiger partial charge is 0.379 e. The third-order valence-electron chi connectivity index (χ3n) is 2.54. The Morgan fingerprint density at radius 2 is 1.94 bits per heavy atom. The molecule has 5 heteroatoms. The van der Waals surface area contributed by atoms with E-state index in [2.05, 4.69) is 0 Å². The van der Waals surface area contributed by atoms with E-state index in [1.54, 1.807) is 31.2 Å². The molecule has 0 amide bonds. The van der Waals surface area contributed by atoms with Crippen LogP contribution in [-0.4, -0.2) is 31.6 Å². The Kier molecular flexibility index (Phi) is 4.07. The van der Waals surface area contributed by atoms with E-state index in [1.807, 2.05) is 0 Å². The molecule has 1 heterocycles. The van der Waals surface area contributed by atoms with Crippen molar-refractivity contribution in [3.05, 3.63) is 35.4 Å². The Balaban J connectivity index is 2.26. The number of carbonyl (C=O) groups is 2. The van der Waals surface area contributed by atoms with Crippen molar-refractivity contribution >= 4 is 11.8 Å². The molecular weight excluding hydrogens is 236 g/mol. The molecule has 0 saturated carbocycles. The van der Waals surface area contributed by atoms with E-state index in [1.165, 1.54) is 0 Å². The second-order valence-electron chi connectivity index (χ2n) is 3.71. The van der Waals surface area contributed by atoms with Gasteiger partial charge in [-0.2, -0.15) is 0 Å². The van der Waals surface area contributed by atoms with Crippen LogP contribution in [0.15, 0.2) is 24.3 Å². The molecule has 96 valence electrons. The second kappa shape index (κ2) is 5.75. The fourth-order valence-corrected chi connectivity index (χ4v) is 1.75. The molecular formula is C13H14O5. The molecule has 0 N–H and O–H groups in total. The van der Waals surface area contributed by atoms with Crippen LogP contribution in [0.5, 0.6) is 0 Å². The van der Waals surface area contributed by atoms with Crippen LogP contribution in [0.1, 0.15) is 29.1 Å². The summed E-state index contributed by atoms with van der Waals surface area (Å²) in [6.45, 7) is 2.78. The van der Waals surface area contributed by atoms with Gasteiger partial charge in [0.25, 0.3) is 5.78 Å². The molecule has 1 aliphatic heterocycles. The summed E-state index contributed by atoms with van der Waals surface area (Å²) in [5.41, 5.74) is 0.830. The Labute approximate surface area is 105 Å². The zero-order valence-electron chi connectivity index (χ0n) is 10.0. The SMILES string of the molecule is CCOC(=O)C(=O)c1ccccc1C1OCCO1. The topological polar surface area (TPSA) is 61.8 Å². The van der Waals surface area contributed by atoms with Gasteiger partial charge in [-0.1, -0.05) is 24.3 Å². The maximum atomic E-state index is 11.9. The minimum Gasteiger partial charge on any atom is -0.460 e. The van der Waals surface area contributed by atoms with E-state index in [0.29, 0.717) is 18.8 Å². The molecule has 1 aliphatic rings. The van der Waals surface area contributed by atoms with Gasteiger partial charge in [-0.3, -0.25) is 4.79 Å². The molecule has 1 fully saturated rings. The highest BCUT2D eigenvalue weighted by atomic mass is 16.7. The van der Waals surface area contributed by atoms with Gasteiger partial charge >= 0.3 is 5.97 Å². The second-order valence-corrected chi connectivity index (χ2v) is 3.71. The standard InChI is InChI=1S/C13H14O5/c1-2-16-12(15)11(14)9-5-3-4-6-10(9)13-17-7-8-18-13/h3-6,13H,2,7-8H2,1H3. The maximum Gasteiger partial charge on any atom is 0.379 e. The fourth-order valence-electron chi connectivity index (χ4n) is 1.75. The van der Waals surface area contributed by atoms with Crippen LogP contribution in [0.3, 0.4) is 0 Å². The minimum atomic E-state index is -0.858. The first-order valence-corrected chi connectivity index (χ1v) is 5.77. The van der Waals surface area contributed by atoms with Crippen LogP contribution in [0.25, 0.3) is 0 Å². The summed E-state index contributed by atoms with van der Waals surface area (Å²) in [6, 6.07) is 6.73. The molecule has 2 rings (SSSR count). The van der Waals surface area contributed by atoms with Crippen molar-refractivity contribution in [2.75, 3.05) is 19.8 Å². The Morgan fingerprint density at radius 1 is 1.28 bits per heavy atom. The van der Waals surface area contributed by atoms with Crippen molar-refractivity contribution in [2.45, 2.75) is 13.2 Å². The fraction of sp³-hybridized carbons (Fsp3) is 0.385. The van der Waals surface area contributed by atoms with Crippen molar-refractivity contribution in [1.82, 2.24) is 0 Å². The zero-order valence-corrected chi connectivity index (χ0v) is 10.0. The molecule has 0 unspecified atom stereocenters. The van der Waals surface area contributed by atoms with Crippen LogP contribution in [0.4, 0.5) is 0 Å². The van der Waals surface area contributed by atoms with Crippen molar-refractivity contribution in [3.8, 4) is 0 Å². The quantitative estimate of drug-likeness (QED) is 0.460. The predicted octanol–water partition coefficient (Wildman–Crippen LogP) is 1.48. The summed E-state index contributed by atoms with van der Waals surface area (Å²) < 4.78 is 15.4. The molecule has 1 aromatic carbocycles. The number of ketones is 1. The van der Waals surface area contributed by atoms with Crippen LogP contribution >= 0.6 is 0 Å². The molecule has 5 nitrogen and oxygen atoms in total. The van der Waals surface area contributed by atoms with E-state index in [4.69, 9.17) is 14.2 Å². The molecule has 0 bridgehead atoms. The van der Waals surface area contributed by atoms with Crippen molar-refractivity contribution in [1.29, 1.82) is 0 Å². The Hall–Kier alpha value is -1.72. The molecule has 0 spiro atoms. The summed E-state index contributed by atoms with van der Waals surface area (Å²) in [5.74, 6) is -1.53. The van der Waals surface area contributed by atoms with E-state index < -0.39 is 18.0 Å². The van der Waals surface area contributed by atoms with Gasteiger partial charge in [0.2, 0.25) is 0 Å². The van der Waals surface area contributed by atoms with Crippen LogP contribution < -0.4 is 0 Å². The molecule has 0 radical (unpaired) electrons. The van der Waals surface area contributed by atoms with Crippen molar-refractivity contribution in [3.63, 3.8) is 0 Å². The summed E-state index contributed by atoms with van der Waals surface area (Å²) in [4.78, 5) is 23.4. The number of Topliss-reactive ketones (excluding diaryl/α,β-unsaturated/α-hetero) is 1. The molecule has 1 saturated heterocycles. The van der Waals surface area contributed by atoms with Crippen LogP contribution in [-0.2, 0) is 19.0 Å². The monoisotopic (exact) mass is 250 g/mol. The van der Waals surface area contributed by atoms with Crippen LogP contribution in [0.2, 0.25) is 0 Å². The van der Waals surface area contributed by atoms with Gasteiger partial charge in [0.15, 0.2) is 6.29 Å².